The van der Waals surface area contributed by atoms with Crippen LogP contribution in [-0.2, 0) is 0 Å². The maximum atomic E-state index is 6.02. The van der Waals surface area contributed by atoms with Crippen LogP contribution in [0.15, 0.2) is 22.7 Å². The second kappa shape index (κ2) is 6.12. The van der Waals surface area contributed by atoms with Gasteiger partial charge in [-0.15, -0.1) is 0 Å². The summed E-state index contributed by atoms with van der Waals surface area (Å²) in [5, 5.41) is 0. The van der Waals surface area contributed by atoms with Crippen LogP contribution in [0.25, 0.3) is 0 Å². The molecule has 2 aromatic rings. The first-order valence-corrected chi connectivity index (χ1v) is 7.72. The minimum absolute atomic E-state index is 0.292. The Morgan fingerprint density at radius 2 is 1.71 bits per heavy atom. The predicted octanol–water partition coefficient (Wildman–Crippen LogP) is 4.50. The molecule has 0 amide bonds. The summed E-state index contributed by atoms with van der Waals surface area (Å²) in [6.07, 6.45) is 0. The van der Waals surface area contributed by atoms with Crippen molar-refractivity contribution >= 4 is 33.1 Å². The lowest BCUT2D eigenvalue weighted by Crippen LogP contribution is -2.14. The highest BCUT2D eigenvalue weighted by atomic mass is 79.9. The van der Waals surface area contributed by atoms with Crippen molar-refractivity contribution in [3.63, 3.8) is 0 Å². The fraction of sp³-hybridized carbons (Fsp3) is 0.250. The third kappa shape index (κ3) is 3.41. The van der Waals surface area contributed by atoms with Crippen LogP contribution < -0.4 is 10.5 Å². The van der Waals surface area contributed by atoms with E-state index in [1.165, 1.54) is 0 Å². The third-order valence-corrected chi connectivity index (χ3v) is 4.63. The SMILES string of the molecule is Cc1cc(Oc2cc(C)c(Br)c(C)c2)c(C(N)=S)c(C)n1. The van der Waals surface area contributed by atoms with Crippen molar-refractivity contribution in [2.45, 2.75) is 27.7 Å². The summed E-state index contributed by atoms with van der Waals surface area (Å²) in [7, 11) is 0. The largest absolute Gasteiger partial charge is 0.456 e. The van der Waals surface area contributed by atoms with Crippen molar-refractivity contribution in [3.8, 4) is 11.5 Å². The molecule has 0 atom stereocenters. The van der Waals surface area contributed by atoms with Gasteiger partial charge in [-0.05, 0) is 51.0 Å². The number of aromatic nitrogens is 1. The Kier molecular flexibility index (Phi) is 4.64. The van der Waals surface area contributed by atoms with Gasteiger partial charge in [0.1, 0.15) is 16.5 Å². The topological polar surface area (TPSA) is 48.1 Å². The van der Waals surface area contributed by atoms with Crippen LogP contribution in [0.2, 0.25) is 0 Å². The number of nitrogens with two attached hydrogens (primary N) is 1. The predicted molar refractivity (Wildman–Crippen MR) is 93.3 cm³/mol. The molecule has 5 heteroatoms. The molecule has 0 aliphatic carbocycles. The van der Waals surface area contributed by atoms with Crippen molar-refractivity contribution in [2.24, 2.45) is 5.73 Å². The summed E-state index contributed by atoms with van der Waals surface area (Å²) in [4.78, 5) is 4.68. The van der Waals surface area contributed by atoms with Gasteiger partial charge in [0.15, 0.2) is 0 Å². The van der Waals surface area contributed by atoms with Gasteiger partial charge in [-0.2, -0.15) is 0 Å². The van der Waals surface area contributed by atoms with E-state index in [0.29, 0.717) is 16.3 Å². The number of ether oxygens (including phenoxy) is 1. The van der Waals surface area contributed by atoms with Crippen molar-refractivity contribution in [1.82, 2.24) is 4.98 Å². The zero-order valence-corrected chi connectivity index (χ0v) is 14.9. The minimum Gasteiger partial charge on any atom is -0.456 e. The van der Waals surface area contributed by atoms with Crippen molar-refractivity contribution < 1.29 is 4.74 Å². The Hall–Kier alpha value is -1.46. The molecule has 2 N–H and O–H groups in total. The summed E-state index contributed by atoms with van der Waals surface area (Å²) in [6.45, 7) is 7.86. The highest BCUT2D eigenvalue weighted by Crippen LogP contribution is 2.32. The van der Waals surface area contributed by atoms with E-state index in [4.69, 9.17) is 22.7 Å². The van der Waals surface area contributed by atoms with Gasteiger partial charge in [0.25, 0.3) is 0 Å². The van der Waals surface area contributed by atoms with E-state index < -0.39 is 0 Å². The summed E-state index contributed by atoms with van der Waals surface area (Å²) in [5.74, 6) is 1.41. The quantitative estimate of drug-likeness (QED) is 0.814. The molecule has 1 aromatic heterocycles. The monoisotopic (exact) mass is 364 g/mol. The Morgan fingerprint density at radius 3 is 2.24 bits per heavy atom. The Morgan fingerprint density at radius 1 is 1.14 bits per heavy atom. The van der Waals surface area contributed by atoms with Gasteiger partial charge < -0.3 is 10.5 Å². The molecule has 0 unspecified atom stereocenters. The first-order valence-electron chi connectivity index (χ1n) is 6.52. The van der Waals surface area contributed by atoms with Crippen LogP contribution in [0.4, 0.5) is 0 Å². The maximum absolute atomic E-state index is 6.02. The summed E-state index contributed by atoms with van der Waals surface area (Å²) in [5.41, 5.74) is 10.4. The molecule has 0 fully saturated rings. The molecule has 0 aliphatic heterocycles. The second-order valence-electron chi connectivity index (χ2n) is 5.06. The minimum atomic E-state index is 0.292. The van der Waals surface area contributed by atoms with Gasteiger partial charge in [0.2, 0.25) is 0 Å². The van der Waals surface area contributed by atoms with Gasteiger partial charge in [-0.1, -0.05) is 28.1 Å². The molecule has 3 nitrogen and oxygen atoms in total. The maximum Gasteiger partial charge on any atom is 0.141 e. The smallest absolute Gasteiger partial charge is 0.141 e. The zero-order valence-electron chi connectivity index (χ0n) is 12.5. The van der Waals surface area contributed by atoms with Crippen molar-refractivity contribution in [1.29, 1.82) is 0 Å². The molecule has 2 rings (SSSR count). The van der Waals surface area contributed by atoms with Gasteiger partial charge in [-0.3, -0.25) is 4.98 Å². The number of benzene rings is 1. The Labute approximate surface area is 138 Å². The standard InChI is InChI=1S/C16H17BrN2OS/c1-8-5-12(6-9(2)15(8)17)20-13-7-10(3)19-11(4)14(13)16(18)21/h5-7H,1-4H3,(H2,18,21). The van der Waals surface area contributed by atoms with Crippen LogP contribution >= 0.6 is 28.1 Å². The first kappa shape index (κ1) is 15.9. The number of halogens is 1. The van der Waals surface area contributed by atoms with E-state index >= 15 is 0 Å². The van der Waals surface area contributed by atoms with Gasteiger partial charge in [-0.25, -0.2) is 0 Å². The van der Waals surface area contributed by atoms with E-state index in [1.807, 2.05) is 45.9 Å². The average molecular weight is 365 g/mol. The highest BCUT2D eigenvalue weighted by molar-refractivity contribution is 9.10. The summed E-state index contributed by atoms with van der Waals surface area (Å²) < 4.78 is 7.11. The average Bonchev–Trinajstić information content (AvgIpc) is 2.34. The second-order valence-corrected chi connectivity index (χ2v) is 6.29. The molecular weight excluding hydrogens is 348 g/mol. The number of hydrogen-bond donors (Lipinski definition) is 1. The molecule has 1 aromatic carbocycles. The van der Waals surface area contributed by atoms with E-state index in [2.05, 4.69) is 20.9 Å². The number of aryl methyl sites for hydroxylation is 4. The molecule has 21 heavy (non-hydrogen) atoms. The fourth-order valence-corrected chi connectivity index (χ4v) is 2.74. The summed E-state index contributed by atoms with van der Waals surface area (Å²) >= 11 is 8.67. The Bertz CT molecular complexity index is 705. The van der Waals surface area contributed by atoms with Crippen molar-refractivity contribution in [2.75, 3.05) is 0 Å². The lowest BCUT2D eigenvalue weighted by Gasteiger charge is -2.15. The normalized spacial score (nSPS) is 10.5. The molecule has 0 saturated heterocycles. The van der Waals surface area contributed by atoms with Crippen LogP contribution in [-0.4, -0.2) is 9.97 Å². The third-order valence-electron chi connectivity index (χ3n) is 3.18. The molecule has 0 bridgehead atoms. The van der Waals surface area contributed by atoms with Gasteiger partial charge in [0, 0.05) is 16.2 Å². The van der Waals surface area contributed by atoms with E-state index in [1.54, 1.807) is 0 Å². The van der Waals surface area contributed by atoms with Crippen LogP contribution in [0.1, 0.15) is 28.1 Å². The van der Waals surface area contributed by atoms with Crippen LogP contribution in [0, 0.1) is 27.7 Å². The van der Waals surface area contributed by atoms with Crippen molar-refractivity contribution in [3.05, 3.63) is 50.8 Å². The lowest BCUT2D eigenvalue weighted by atomic mass is 10.1. The zero-order chi connectivity index (χ0) is 15.7. The molecule has 0 spiro atoms. The molecule has 1 heterocycles. The molecule has 0 radical (unpaired) electrons. The van der Waals surface area contributed by atoms with Crippen LogP contribution in [0.3, 0.4) is 0 Å². The summed E-state index contributed by atoms with van der Waals surface area (Å²) in [6, 6.07) is 5.81. The Balaban J connectivity index is 2.51. The highest BCUT2D eigenvalue weighted by Gasteiger charge is 2.14. The lowest BCUT2D eigenvalue weighted by molar-refractivity contribution is 0.479. The van der Waals surface area contributed by atoms with E-state index in [0.717, 1.165) is 32.7 Å². The van der Waals surface area contributed by atoms with Gasteiger partial charge >= 0.3 is 0 Å². The fourth-order valence-electron chi connectivity index (χ4n) is 2.27. The molecule has 0 aliphatic rings. The molecular formula is C16H17BrN2OS. The number of thiocarbonyl (C=S) groups is 1. The first-order chi connectivity index (χ1) is 9.79. The molecule has 0 saturated carbocycles. The molecule has 110 valence electrons. The van der Waals surface area contributed by atoms with E-state index in [-0.39, 0.29) is 0 Å². The van der Waals surface area contributed by atoms with Gasteiger partial charge in [0.05, 0.1) is 11.3 Å². The van der Waals surface area contributed by atoms with Crippen LogP contribution in [0.5, 0.6) is 11.5 Å². The number of hydrogen-bond acceptors (Lipinski definition) is 3. The number of pyridine rings is 1. The van der Waals surface area contributed by atoms with E-state index in [9.17, 15) is 0 Å². The number of rotatable bonds is 3. The number of nitrogens with zero attached hydrogens (tertiary/aromatic N) is 1.